The summed E-state index contributed by atoms with van der Waals surface area (Å²) < 4.78 is 32.2. The summed E-state index contributed by atoms with van der Waals surface area (Å²) in [5.41, 5.74) is 2.00. The van der Waals surface area contributed by atoms with Crippen molar-refractivity contribution >= 4 is 27.0 Å². The minimum atomic E-state index is -4.12. The minimum Gasteiger partial charge on any atom is -0.449 e. The van der Waals surface area contributed by atoms with Crippen molar-refractivity contribution in [2.24, 2.45) is 0 Å². The number of benzene rings is 1. The standard InChI is InChI=1S/C19H23N5O6S/c1-5-12-10-16-14(11-13(12)15-8-9-20-22(15)6-2)17(25)23(21-18(26)30-7-3)19(27)24(16)31(4,28)29/h8-11H,5-7H2,1-4H3,(H,21,26). The van der Waals surface area contributed by atoms with E-state index < -0.39 is 27.4 Å². The number of ether oxygens (including phenoxy) is 1. The molecule has 11 nitrogen and oxygen atoms in total. The molecule has 2 aromatic heterocycles. The fourth-order valence-electron chi connectivity index (χ4n) is 3.39. The molecule has 0 atom stereocenters. The Morgan fingerprint density at radius 1 is 1.19 bits per heavy atom. The zero-order valence-corrected chi connectivity index (χ0v) is 18.4. The Bertz CT molecular complexity index is 1380. The Hall–Kier alpha value is -3.41. The normalized spacial score (nSPS) is 11.6. The number of amides is 1. The van der Waals surface area contributed by atoms with Crippen molar-refractivity contribution in [3.05, 3.63) is 50.8 Å². The molecule has 31 heavy (non-hydrogen) atoms. The van der Waals surface area contributed by atoms with E-state index in [2.05, 4.69) is 5.10 Å². The molecule has 0 spiro atoms. The summed E-state index contributed by atoms with van der Waals surface area (Å²) in [5, 5.41) is 4.19. The van der Waals surface area contributed by atoms with Crippen LogP contribution >= 0.6 is 0 Å². The van der Waals surface area contributed by atoms with Crippen LogP contribution in [0.3, 0.4) is 0 Å². The van der Waals surface area contributed by atoms with E-state index in [1.165, 1.54) is 12.1 Å². The third kappa shape index (κ3) is 3.98. The van der Waals surface area contributed by atoms with E-state index in [0.29, 0.717) is 27.2 Å². The van der Waals surface area contributed by atoms with E-state index >= 15 is 0 Å². The molecule has 0 bridgehead atoms. The van der Waals surface area contributed by atoms with Crippen molar-refractivity contribution in [2.75, 3.05) is 18.3 Å². The molecule has 3 rings (SSSR count). The number of hydrogen-bond donors (Lipinski definition) is 1. The van der Waals surface area contributed by atoms with Crippen LogP contribution < -0.4 is 16.7 Å². The first-order valence-corrected chi connectivity index (χ1v) is 11.5. The van der Waals surface area contributed by atoms with Crippen LogP contribution in [-0.4, -0.2) is 45.8 Å². The molecule has 0 fully saturated rings. The van der Waals surface area contributed by atoms with Crippen molar-refractivity contribution in [3.8, 4) is 11.3 Å². The van der Waals surface area contributed by atoms with E-state index in [4.69, 9.17) is 4.74 Å². The molecule has 1 amide bonds. The molecule has 3 aromatic rings. The highest BCUT2D eigenvalue weighted by molar-refractivity contribution is 7.89. The van der Waals surface area contributed by atoms with Crippen molar-refractivity contribution in [1.82, 2.24) is 18.4 Å². The maximum absolute atomic E-state index is 13.1. The summed E-state index contributed by atoms with van der Waals surface area (Å²) in [6, 6.07) is 4.81. The van der Waals surface area contributed by atoms with Gasteiger partial charge in [0.25, 0.3) is 5.56 Å². The average Bonchev–Trinajstić information content (AvgIpc) is 3.18. The molecule has 166 valence electrons. The van der Waals surface area contributed by atoms with Crippen LogP contribution in [0.15, 0.2) is 34.0 Å². The number of rotatable bonds is 6. The molecule has 0 unspecified atom stereocenters. The van der Waals surface area contributed by atoms with Crippen LogP contribution in [0.2, 0.25) is 0 Å². The molecule has 0 aliphatic carbocycles. The van der Waals surface area contributed by atoms with Gasteiger partial charge in [-0.1, -0.05) is 6.92 Å². The van der Waals surface area contributed by atoms with E-state index in [9.17, 15) is 22.8 Å². The largest absolute Gasteiger partial charge is 0.449 e. The second-order valence-electron chi connectivity index (χ2n) is 6.70. The first-order chi connectivity index (χ1) is 14.6. The maximum Gasteiger partial charge on any atom is 0.426 e. The first-order valence-electron chi connectivity index (χ1n) is 9.65. The lowest BCUT2D eigenvalue weighted by Gasteiger charge is -2.16. The van der Waals surface area contributed by atoms with Gasteiger partial charge in [-0.05, 0) is 44.0 Å². The second kappa shape index (κ2) is 8.38. The van der Waals surface area contributed by atoms with Gasteiger partial charge in [-0.2, -0.15) is 13.7 Å². The van der Waals surface area contributed by atoms with E-state index in [0.717, 1.165) is 17.5 Å². The fraction of sp³-hybridized carbons (Fsp3) is 0.368. The Kier molecular flexibility index (Phi) is 6.02. The van der Waals surface area contributed by atoms with Gasteiger partial charge in [-0.25, -0.2) is 23.4 Å². The summed E-state index contributed by atoms with van der Waals surface area (Å²) >= 11 is 0. The van der Waals surface area contributed by atoms with Crippen molar-refractivity contribution in [1.29, 1.82) is 0 Å². The van der Waals surface area contributed by atoms with E-state index in [1.807, 2.05) is 19.3 Å². The highest BCUT2D eigenvalue weighted by atomic mass is 32.2. The molecule has 1 aromatic carbocycles. The topological polar surface area (TPSA) is 134 Å². The maximum atomic E-state index is 13.1. The molecule has 2 heterocycles. The number of nitrogens with one attached hydrogen (secondary N) is 1. The summed E-state index contributed by atoms with van der Waals surface area (Å²) in [4.78, 5) is 37.8. The smallest absolute Gasteiger partial charge is 0.426 e. The van der Waals surface area contributed by atoms with Crippen molar-refractivity contribution in [2.45, 2.75) is 33.7 Å². The molecule has 0 aliphatic rings. The number of carbonyl (C=O) groups is 1. The van der Waals surface area contributed by atoms with Gasteiger partial charge >= 0.3 is 11.8 Å². The molecule has 1 N–H and O–H groups in total. The Labute approximate surface area is 177 Å². The van der Waals surface area contributed by atoms with Gasteiger partial charge < -0.3 is 4.74 Å². The molecule has 0 radical (unpaired) electrons. The van der Waals surface area contributed by atoms with Gasteiger partial charge in [0.05, 0.1) is 29.5 Å². The van der Waals surface area contributed by atoms with Crippen LogP contribution in [0.5, 0.6) is 0 Å². The molecule has 0 saturated carbocycles. The van der Waals surface area contributed by atoms with Gasteiger partial charge in [0.15, 0.2) is 0 Å². The van der Waals surface area contributed by atoms with Crippen molar-refractivity contribution < 1.29 is 17.9 Å². The zero-order valence-electron chi connectivity index (χ0n) is 17.6. The highest BCUT2D eigenvalue weighted by Gasteiger charge is 2.23. The van der Waals surface area contributed by atoms with Crippen molar-refractivity contribution in [3.63, 3.8) is 0 Å². The average molecular weight is 449 g/mol. The molecular weight excluding hydrogens is 426 g/mol. The first kappa shape index (κ1) is 22.3. The summed E-state index contributed by atoms with van der Waals surface area (Å²) in [6.07, 6.45) is 1.93. The monoisotopic (exact) mass is 449 g/mol. The number of hydrogen-bond acceptors (Lipinski definition) is 7. The lowest BCUT2D eigenvalue weighted by molar-refractivity contribution is 0.164. The number of aromatic nitrogens is 4. The summed E-state index contributed by atoms with van der Waals surface area (Å²) in [7, 11) is -4.12. The van der Waals surface area contributed by atoms with Gasteiger partial charge in [0.2, 0.25) is 10.0 Å². The Morgan fingerprint density at radius 2 is 1.90 bits per heavy atom. The van der Waals surface area contributed by atoms with Crippen LogP contribution in [0.1, 0.15) is 26.3 Å². The lowest BCUT2D eigenvalue weighted by atomic mass is 9.99. The SMILES string of the molecule is CCOC(=O)Nn1c(=O)c2cc(-c3ccnn3CC)c(CC)cc2n(S(C)(=O)=O)c1=O. The quantitative estimate of drug-likeness (QED) is 0.596. The van der Waals surface area contributed by atoms with Crippen LogP contribution in [0.4, 0.5) is 4.79 Å². The van der Waals surface area contributed by atoms with Gasteiger partial charge in [0.1, 0.15) is 0 Å². The zero-order chi connectivity index (χ0) is 22.9. The predicted octanol–water partition coefficient (Wildman–Crippen LogP) is 1.12. The summed E-state index contributed by atoms with van der Waals surface area (Å²) in [5.74, 6) is 0. The molecule has 0 saturated heterocycles. The Morgan fingerprint density at radius 3 is 2.48 bits per heavy atom. The molecule has 12 heteroatoms. The van der Waals surface area contributed by atoms with Crippen LogP contribution in [0.25, 0.3) is 22.2 Å². The van der Waals surface area contributed by atoms with Crippen LogP contribution in [-0.2, 0) is 27.7 Å². The van der Waals surface area contributed by atoms with Crippen LogP contribution in [0, 0.1) is 0 Å². The number of nitrogens with zero attached hydrogens (tertiary/aromatic N) is 4. The third-order valence-corrected chi connectivity index (χ3v) is 5.74. The van der Waals surface area contributed by atoms with E-state index in [1.54, 1.807) is 23.9 Å². The molecular formula is C19H23N5O6S. The number of carbonyl (C=O) groups excluding carboxylic acids is 1. The van der Waals surface area contributed by atoms with Gasteiger partial charge in [-0.3, -0.25) is 9.48 Å². The fourth-order valence-corrected chi connectivity index (χ4v) is 4.26. The van der Waals surface area contributed by atoms with Gasteiger partial charge in [-0.15, -0.1) is 0 Å². The van der Waals surface area contributed by atoms with Gasteiger partial charge in [0, 0.05) is 18.3 Å². The van der Waals surface area contributed by atoms with E-state index in [-0.39, 0.29) is 17.5 Å². The summed E-state index contributed by atoms with van der Waals surface area (Å²) in [6.45, 7) is 5.93. The minimum absolute atomic E-state index is 0.000548. The molecule has 0 aliphatic heterocycles. The third-order valence-electron chi connectivity index (χ3n) is 4.72. The Balaban J connectivity index is 2.46. The predicted molar refractivity (Wildman–Crippen MR) is 115 cm³/mol. The second-order valence-corrected chi connectivity index (χ2v) is 8.53. The number of aryl methyl sites for hydroxylation is 2. The number of fused-ring (bicyclic) bond motifs is 1. The lowest BCUT2D eigenvalue weighted by Crippen LogP contribution is -2.48. The highest BCUT2D eigenvalue weighted by Crippen LogP contribution is 2.28.